The summed E-state index contributed by atoms with van der Waals surface area (Å²) in [6.45, 7) is 20.5. The number of hydrogen-bond acceptors (Lipinski definition) is 3. The topological polar surface area (TPSA) is 46.5 Å². The molecule has 10 atom stereocenters. The Morgan fingerprint density at radius 1 is 0.755 bits per heavy atom. The van der Waals surface area contributed by atoms with Gasteiger partial charge in [-0.05, 0) is 110 Å². The minimum atomic E-state index is -0.00316. The number of rotatable bonds is 16. The molecule has 5 aliphatic carbocycles. The second kappa shape index (κ2) is 16.0. The second-order valence-electron chi connectivity index (χ2n) is 20.0. The van der Waals surface area contributed by atoms with Gasteiger partial charge in [-0.3, -0.25) is 4.79 Å². The zero-order valence-corrected chi connectivity index (χ0v) is 33.8. The van der Waals surface area contributed by atoms with Gasteiger partial charge in [0.1, 0.15) is 6.10 Å². The van der Waals surface area contributed by atoms with Crippen LogP contribution in [0.1, 0.15) is 203 Å². The highest BCUT2D eigenvalue weighted by Gasteiger charge is 2.68. The summed E-state index contributed by atoms with van der Waals surface area (Å²) >= 11 is 0. The summed E-state index contributed by atoms with van der Waals surface area (Å²) in [7, 11) is 0. The Kier molecular flexibility index (Phi) is 12.9. The van der Waals surface area contributed by atoms with Crippen LogP contribution in [0.3, 0.4) is 0 Å². The van der Waals surface area contributed by atoms with E-state index in [2.05, 4.69) is 61.5 Å². The number of aliphatic hydroxyl groups excluding tert-OH is 1. The highest BCUT2D eigenvalue weighted by atomic mass is 16.5. The molecule has 0 aliphatic heterocycles. The van der Waals surface area contributed by atoms with E-state index in [1.54, 1.807) is 5.57 Å². The van der Waals surface area contributed by atoms with Crippen LogP contribution in [0.2, 0.25) is 0 Å². The van der Waals surface area contributed by atoms with Crippen molar-refractivity contribution in [3.05, 3.63) is 11.6 Å². The predicted molar refractivity (Wildman–Crippen MR) is 206 cm³/mol. The van der Waals surface area contributed by atoms with E-state index in [0.717, 1.165) is 25.2 Å². The third kappa shape index (κ3) is 7.38. The van der Waals surface area contributed by atoms with Crippen LogP contribution in [0.5, 0.6) is 0 Å². The fourth-order valence-electron chi connectivity index (χ4n) is 13.6. The number of unbranched alkanes of at least 4 members (excludes halogenated alkanes) is 12. The molecule has 0 unspecified atom stereocenters. The molecule has 0 bridgehead atoms. The van der Waals surface area contributed by atoms with E-state index >= 15 is 0 Å². The highest BCUT2D eigenvalue weighted by molar-refractivity contribution is 5.69. The number of allylic oxidation sites excluding steroid dienone is 2. The molecule has 3 heteroatoms. The maximum atomic E-state index is 13.2. The molecular weight excluding hydrogens is 601 g/mol. The van der Waals surface area contributed by atoms with E-state index in [-0.39, 0.29) is 39.1 Å². The molecule has 0 heterocycles. The molecular formula is C46H80O3. The Bertz CT molecular complexity index is 1120. The first-order valence-electron chi connectivity index (χ1n) is 21.8. The molecule has 0 aromatic rings. The predicted octanol–water partition coefficient (Wildman–Crippen LogP) is 13.0. The molecule has 0 amide bonds. The molecule has 3 nitrogen and oxygen atoms in total. The summed E-state index contributed by atoms with van der Waals surface area (Å²) < 4.78 is 6.40. The average Bonchev–Trinajstić information content (AvgIpc) is 3.06. The molecule has 1 N–H and O–H groups in total. The van der Waals surface area contributed by atoms with E-state index in [1.807, 2.05) is 0 Å². The van der Waals surface area contributed by atoms with Gasteiger partial charge in [-0.2, -0.15) is 0 Å². The highest BCUT2D eigenvalue weighted by Crippen LogP contribution is 2.75. The van der Waals surface area contributed by atoms with Crippen LogP contribution in [-0.2, 0) is 9.53 Å². The monoisotopic (exact) mass is 681 g/mol. The van der Waals surface area contributed by atoms with Crippen LogP contribution >= 0.6 is 0 Å². The Morgan fingerprint density at radius 2 is 1.37 bits per heavy atom. The number of ether oxygens (including phenoxy) is 1. The van der Waals surface area contributed by atoms with Crippen LogP contribution in [0.25, 0.3) is 0 Å². The number of aliphatic hydroxyl groups is 1. The van der Waals surface area contributed by atoms with Crippen molar-refractivity contribution in [1.82, 2.24) is 0 Å². The Labute approximate surface area is 304 Å². The van der Waals surface area contributed by atoms with Crippen molar-refractivity contribution in [2.24, 2.45) is 56.7 Å². The molecule has 49 heavy (non-hydrogen) atoms. The number of carbonyl (C=O) groups excluding carboxylic acids is 1. The van der Waals surface area contributed by atoms with Gasteiger partial charge in [-0.1, -0.05) is 144 Å². The zero-order valence-electron chi connectivity index (χ0n) is 33.8. The lowest BCUT2D eigenvalue weighted by molar-refractivity contribution is -0.214. The van der Waals surface area contributed by atoms with Crippen LogP contribution in [-0.4, -0.2) is 23.8 Å². The quantitative estimate of drug-likeness (QED) is 0.100. The number of hydrogen-bond donors (Lipinski definition) is 1. The third-order valence-corrected chi connectivity index (χ3v) is 17.2. The molecule has 0 aromatic heterocycles. The van der Waals surface area contributed by atoms with Crippen LogP contribution in [0.15, 0.2) is 11.6 Å². The van der Waals surface area contributed by atoms with Gasteiger partial charge in [0.25, 0.3) is 0 Å². The SMILES string of the molecule is CCCCCCCCCCCCCCCC(=O)O[C@H]1CC[C@]2(C)[C@H]3CC=C4[C@@H]5[C@@H](C)[C@H](C)CC[C@]5(CO)CC[C@@]4(C)[C@]3(C)CC[C@H]2C1(C)C. The minimum absolute atomic E-state index is 0.00316. The molecule has 5 rings (SSSR count). The number of esters is 1. The smallest absolute Gasteiger partial charge is 0.306 e. The van der Waals surface area contributed by atoms with Crippen molar-refractivity contribution >= 4 is 5.97 Å². The van der Waals surface area contributed by atoms with Gasteiger partial charge < -0.3 is 9.84 Å². The van der Waals surface area contributed by atoms with Crippen molar-refractivity contribution in [3.63, 3.8) is 0 Å². The second-order valence-corrected chi connectivity index (χ2v) is 20.0. The summed E-state index contributed by atoms with van der Waals surface area (Å²) in [5.41, 5.74) is 2.58. The fourth-order valence-corrected chi connectivity index (χ4v) is 13.6. The van der Waals surface area contributed by atoms with E-state index in [9.17, 15) is 9.90 Å². The molecule has 4 fully saturated rings. The Hall–Kier alpha value is -0.830. The first-order valence-corrected chi connectivity index (χ1v) is 21.8. The Morgan fingerprint density at radius 3 is 1.98 bits per heavy atom. The van der Waals surface area contributed by atoms with E-state index in [4.69, 9.17) is 4.74 Å². The lowest BCUT2D eigenvalue weighted by Crippen LogP contribution is -2.65. The van der Waals surface area contributed by atoms with E-state index in [0.29, 0.717) is 36.7 Å². The molecule has 4 saturated carbocycles. The van der Waals surface area contributed by atoms with Gasteiger partial charge >= 0.3 is 5.97 Å². The standard InChI is InChI=1S/C46H80O3/c1-9-10-11-12-13-14-15-16-17-18-19-20-21-22-40(48)49-39-27-28-43(6)37(42(39,4)5)26-29-45(8)38(43)24-23-36-41-35(3)34(2)25-30-46(41,33-47)32-31-44(36,45)7/h23,34-35,37-39,41,47H,9-22,24-33H2,1-8H3/t34-,35+,37+,38-,39+,41+,43+,44-,45-,46-/m1/s1. The summed E-state index contributed by atoms with van der Waals surface area (Å²) in [4.78, 5) is 13.2. The Balaban J connectivity index is 1.14. The maximum absolute atomic E-state index is 13.2. The number of fused-ring (bicyclic) bond motifs is 7. The molecule has 0 saturated heterocycles. The van der Waals surface area contributed by atoms with Gasteiger partial charge in [-0.25, -0.2) is 0 Å². The average molecular weight is 681 g/mol. The normalized spacial score (nSPS) is 41.1. The molecule has 5 aliphatic rings. The van der Waals surface area contributed by atoms with Crippen LogP contribution in [0.4, 0.5) is 0 Å². The van der Waals surface area contributed by atoms with Gasteiger partial charge in [-0.15, -0.1) is 0 Å². The molecule has 282 valence electrons. The van der Waals surface area contributed by atoms with Crippen LogP contribution < -0.4 is 0 Å². The van der Waals surface area contributed by atoms with Gasteiger partial charge in [0.2, 0.25) is 0 Å². The molecule has 0 aromatic carbocycles. The maximum Gasteiger partial charge on any atom is 0.306 e. The van der Waals surface area contributed by atoms with Crippen molar-refractivity contribution in [2.45, 2.75) is 209 Å². The zero-order chi connectivity index (χ0) is 35.5. The van der Waals surface area contributed by atoms with Crippen molar-refractivity contribution in [3.8, 4) is 0 Å². The van der Waals surface area contributed by atoms with Gasteiger partial charge in [0.05, 0.1) is 0 Å². The molecule has 0 spiro atoms. The summed E-state index contributed by atoms with van der Waals surface area (Å²) in [6, 6.07) is 0. The fraction of sp³-hybridized carbons (Fsp3) is 0.935. The number of carbonyl (C=O) groups is 1. The first kappa shape index (κ1) is 39.4. The van der Waals surface area contributed by atoms with Gasteiger partial charge in [0, 0.05) is 23.9 Å². The first-order chi connectivity index (χ1) is 23.3. The van der Waals surface area contributed by atoms with E-state index in [1.165, 1.54) is 122 Å². The summed E-state index contributed by atoms with van der Waals surface area (Å²) in [5.74, 6) is 3.19. The third-order valence-electron chi connectivity index (χ3n) is 17.2. The van der Waals surface area contributed by atoms with Crippen molar-refractivity contribution in [2.75, 3.05) is 6.61 Å². The lowest BCUT2D eigenvalue weighted by Gasteiger charge is -2.71. The van der Waals surface area contributed by atoms with E-state index < -0.39 is 0 Å². The van der Waals surface area contributed by atoms with Gasteiger partial charge in [0.15, 0.2) is 0 Å². The van der Waals surface area contributed by atoms with Crippen molar-refractivity contribution < 1.29 is 14.6 Å². The lowest BCUT2D eigenvalue weighted by atomic mass is 9.33. The van der Waals surface area contributed by atoms with Crippen molar-refractivity contribution in [1.29, 1.82) is 0 Å². The largest absolute Gasteiger partial charge is 0.462 e. The summed E-state index contributed by atoms with van der Waals surface area (Å²) in [6.07, 6.45) is 31.4. The molecule has 0 radical (unpaired) electrons. The van der Waals surface area contributed by atoms with Crippen LogP contribution in [0, 0.1) is 56.7 Å². The minimum Gasteiger partial charge on any atom is -0.462 e. The summed E-state index contributed by atoms with van der Waals surface area (Å²) in [5, 5.41) is 10.9.